The molecule has 8 nitrogen and oxygen atoms in total. The van der Waals surface area contributed by atoms with E-state index >= 15 is 0 Å². The largest absolute Gasteiger partial charge is 0.329 e. The monoisotopic (exact) mass is 435 g/mol. The molecule has 2 aromatic carbocycles. The summed E-state index contributed by atoms with van der Waals surface area (Å²) in [5, 5.41) is 14.4. The van der Waals surface area contributed by atoms with Crippen molar-refractivity contribution in [2.24, 2.45) is 5.73 Å². The van der Waals surface area contributed by atoms with Crippen molar-refractivity contribution >= 4 is 35.6 Å². The minimum atomic E-state index is -0.155. The molecule has 0 unspecified atom stereocenters. The molecule has 0 spiro atoms. The molecule has 3 aromatic rings. The molecule has 3 N–H and O–H groups in total. The topological polar surface area (TPSA) is 102 Å². The van der Waals surface area contributed by atoms with E-state index in [0.717, 1.165) is 13.0 Å². The Morgan fingerprint density at radius 3 is 2.66 bits per heavy atom. The lowest BCUT2D eigenvalue weighted by Gasteiger charge is -2.21. The fraction of sp³-hybridized carbons (Fsp3) is 0.263. The quantitative estimate of drug-likeness (QED) is 0.533. The van der Waals surface area contributed by atoms with Crippen LogP contribution >= 0.6 is 24.0 Å². The van der Waals surface area contributed by atoms with Crippen LogP contribution in [0.3, 0.4) is 0 Å². The van der Waals surface area contributed by atoms with Gasteiger partial charge < -0.3 is 11.1 Å². The predicted molar refractivity (Wildman–Crippen MR) is 116 cm³/mol. The van der Waals surface area contributed by atoms with E-state index < -0.39 is 0 Å². The Morgan fingerprint density at radius 1 is 1.17 bits per heavy atom. The smallest absolute Gasteiger partial charge is 0.238 e. The van der Waals surface area contributed by atoms with Gasteiger partial charge in [-0.25, -0.2) is 4.68 Å². The number of hydrogen-bond acceptors (Lipinski definition) is 6. The van der Waals surface area contributed by atoms with Gasteiger partial charge in [-0.1, -0.05) is 41.9 Å². The van der Waals surface area contributed by atoms with Crippen LogP contribution in [0.15, 0.2) is 54.9 Å². The molecular weight excluding hydrogens is 413 g/mol. The average Bonchev–Trinajstić information content (AvgIpc) is 3.24. The van der Waals surface area contributed by atoms with Crippen molar-refractivity contribution in [3.05, 3.63) is 65.4 Å². The molecule has 0 radical (unpaired) electrons. The summed E-state index contributed by atoms with van der Waals surface area (Å²) in [6.45, 7) is 2.10. The minimum absolute atomic E-state index is 0. The summed E-state index contributed by atoms with van der Waals surface area (Å²) in [5.41, 5.74) is 8.14. The van der Waals surface area contributed by atoms with Crippen LogP contribution in [-0.4, -0.2) is 57.2 Å². The molecule has 0 bridgehead atoms. The predicted octanol–water partition coefficient (Wildman–Crippen LogP) is 2.18. The maximum absolute atomic E-state index is 12.6. The third-order valence-electron chi connectivity index (χ3n) is 4.21. The zero-order valence-electron chi connectivity index (χ0n) is 15.7. The van der Waals surface area contributed by atoms with Crippen molar-refractivity contribution in [2.75, 3.05) is 31.5 Å². The van der Waals surface area contributed by atoms with Crippen LogP contribution < -0.4 is 11.1 Å². The molecule has 1 amide bonds. The van der Waals surface area contributed by atoms with Crippen molar-refractivity contribution in [2.45, 2.75) is 6.42 Å². The van der Waals surface area contributed by atoms with Gasteiger partial charge >= 0.3 is 0 Å². The van der Waals surface area contributed by atoms with Crippen LogP contribution in [0.4, 0.5) is 5.69 Å². The van der Waals surface area contributed by atoms with E-state index in [4.69, 9.17) is 17.3 Å². The second kappa shape index (κ2) is 11.5. The van der Waals surface area contributed by atoms with Crippen molar-refractivity contribution < 1.29 is 4.79 Å². The number of nitrogens with zero attached hydrogens (tertiary/aromatic N) is 5. The SMILES string of the molecule is Cl.NCCN(CCc1ccccc1)CC(=O)Nc1cc(-n2cnnn2)ccc1Cl. The van der Waals surface area contributed by atoms with Gasteiger partial charge in [-0.15, -0.1) is 17.5 Å². The molecule has 10 heteroatoms. The van der Waals surface area contributed by atoms with Gasteiger partial charge in [-0.3, -0.25) is 9.69 Å². The molecule has 0 aliphatic carbocycles. The van der Waals surface area contributed by atoms with E-state index in [1.165, 1.54) is 16.6 Å². The van der Waals surface area contributed by atoms with E-state index in [2.05, 4.69) is 33.0 Å². The first-order valence-corrected chi connectivity index (χ1v) is 9.32. The summed E-state index contributed by atoms with van der Waals surface area (Å²) in [6.07, 6.45) is 2.32. The van der Waals surface area contributed by atoms with Gasteiger partial charge in [-0.05, 0) is 40.6 Å². The number of aromatic nitrogens is 4. The van der Waals surface area contributed by atoms with E-state index in [9.17, 15) is 4.79 Å². The summed E-state index contributed by atoms with van der Waals surface area (Å²) in [6, 6.07) is 15.4. The second-order valence-electron chi connectivity index (χ2n) is 6.27. The maximum atomic E-state index is 12.6. The lowest BCUT2D eigenvalue weighted by atomic mass is 10.1. The number of anilines is 1. The number of tetrazole rings is 1. The van der Waals surface area contributed by atoms with Crippen LogP contribution in [0.25, 0.3) is 5.69 Å². The lowest BCUT2D eigenvalue weighted by molar-refractivity contribution is -0.117. The summed E-state index contributed by atoms with van der Waals surface area (Å²) in [4.78, 5) is 14.6. The number of halogens is 2. The minimum Gasteiger partial charge on any atom is -0.329 e. The normalized spacial score (nSPS) is 10.6. The Morgan fingerprint density at radius 2 is 1.97 bits per heavy atom. The molecule has 3 rings (SSSR count). The average molecular weight is 436 g/mol. The fourth-order valence-electron chi connectivity index (χ4n) is 2.81. The molecule has 0 fully saturated rings. The first-order valence-electron chi connectivity index (χ1n) is 8.95. The number of nitrogens with one attached hydrogen (secondary N) is 1. The number of benzene rings is 2. The van der Waals surface area contributed by atoms with Gasteiger partial charge in [0.25, 0.3) is 0 Å². The Kier molecular flexibility index (Phi) is 9.01. The number of nitrogens with two attached hydrogens (primary N) is 1. The lowest BCUT2D eigenvalue weighted by Crippen LogP contribution is -2.38. The molecule has 0 saturated carbocycles. The number of amides is 1. The number of carbonyl (C=O) groups is 1. The molecule has 0 atom stereocenters. The molecule has 29 heavy (non-hydrogen) atoms. The molecule has 1 aromatic heterocycles. The van der Waals surface area contributed by atoms with Crippen molar-refractivity contribution in [3.8, 4) is 5.69 Å². The number of carbonyl (C=O) groups excluding carboxylic acids is 1. The summed E-state index contributed by atoms with van der Waals surface area (Å²) < 4.78 is 1.49. The summed E-state index contributed by atoms with van der Waals surface area (Å²) >= 11 is 6.23. The molecule has 154 valence electrons. The highest BCUT2D eigenvalue weighted by Crippen LogP contribution is 2.24. The van der Waals surface area contributed by atoms with Gasteiger partial charge in [0, 0.05) is 19.6 Å². The summed E-state index contributed by atoms with van der Waals surface area (Å²) in [7, 11) is 0. The standard InChI is InChI=1S/C19H22ClN7O.ClH/c20-17-7-6-16(27-14-22-24-25-27)12-18(17)23-19(28)13-26(11-9-21)10-8-15-4-2-1-3-5-15;/h1-7,12,14H,8-11,13,21H2,(H,23,28);1H. The molecule has 1 heterocycles. The first kappa shape index (κ1) is 22.8. The van der Waals surface area contributed by atoms with Crippen LogP contribution in [0.1, 0.15) is 5.56 Å². The second-order valence-corrected chi connectivity index (χ2v) is 6.67. The molecule has 0 saturated heterocycles. The highest BCUT2D eigenvalue weighted by atomic mass is 35.5. The van der Waals surface area contributed by atoms with Gasteiger partial charge in [0.05, 0.1) is 22.9 Å². The van der Waals surface area contributed by atoms with E-state index in [1.54, 1.807) is 18.2 Å². The van der Waals surface area contributed by atoms with Crippen LogP contribution in [-0.2, 0) is 11.2 Å². The number of rotatable bonds is 9. The Bertz CT molecular complexity index is 891. The van der Waals surface area contributed by atoms with Crippen LogP contribution in [0, 0.1) is 0 Å². The van der Waals surface area contributed by atoms with Crippen LogP contribution in [0.5, 0.6) is 0 Å². The summed E-state index contributed by atoms with van der Waals surface area (Å²) in [5.74, 6) is -0.155. The fourth-order valence-corrected chi connectivity index (χ4v) is 2.97. The number of hydrogen-bond donors (Lipinski definition) is 2. The van der Waals surface area contributed by atoms with Crippen LogP contribution in [0.2, 0.25) is 5.02 Å². The van der Waals surface area contributed by atoms with E-state index in [0.29, 0.717) is 29.5 Å². The van der Waals surface area contributed by atoms with Crippen molar-refractivity contribution in [1.82, 2.24) is 25.1 Å². The molecular formula is C19H23Cl2N7O. The third kappa shape index (κ3) is 6.79. The Labute approximate surface area is 180 Å². The van der Waals surface area contributed by atoms with Gasteiger partial charge in [0.15, 0.2) is 0 Å². The zero-order valence-corrected chi connectivity index (χ0v) is 17.3. The van der Waals surface area contributed by atoms with Gasteiger partial charge in [0.1, 0.15) is 6.33 Å². The van der Waals surface area contributed by atoms with E-state index in [-0.39, 0.29) is 24.9 Å². The van der Waals surface area contributed by atoms with Gasteiger partial charge in [-0.2, -0.15) is 0 Å². The highest BCUT2D eigenvalue weighted by molar-refractivity contribution is 6.33. The van der Waals surface area contributed by atoms with Gasteiger partial charge in [0.2, 0.25) is 5.91 Å². The highest BCUT2D eigenvalue weighted by Gasteiger charge is 2.13. The van der Waals surface area contributed by atoms with Crippen molar-refractivity contribution in [3.63, 3.8) is 0 Å². The zero-order chi connectivity index (χ0) is 19.8. The first-order chi connectivity index (χ1) is 13.7. The van der Waals surface area contributed by atoms with Crippen molar-refractivity contribution in [1.29, 1.82) is 0 Å². The Balaban J connectivity index is 0.00000300. The Hall–Kier alpha value is -2.52. The van der Waals surface area contributed by atoms with E-state index in [1.807, 2.05) is 23.1 Å². The molecule has 0 aliphatic rings. The molecule has 0 aliphatic heterocycles. The third-order valence-corrected chi connectivity index (χ3v) is 4.54. The maximum Gasteiger partial charge on any atom is 0.238 e.